The Hall–Kier alpha value is -1.36. The van der Waals surface area contributed by atoms with Crippen LogP contribution in [0.5, 0.6) is 0 Å². The van der Waals surface area contributed by atoms with Crippen molar-refractivity contribution in [1.82, 2.24) is 4.31 Å². The molecular formula is C15H23N3O5S2. The summed E-state index contributed by atoms with van der Waals surface area (Å²) in [6, 6.07) is 4.65. The Balaban J connectivity index is 1.99. The van der Waals surface area contributed by atoms with Crippen molar-refractivity contribution in [3.05, 3.63) is 18.2 Å². The van der Waals surface area contributed by atoms with Crippen LogP contribution in [-0.2, 0) is 24.8 Å². The van der Waals surface area contributed by atoms with Gasteiger partial charge in [-0.1, -0.05) is 0 Å². The minimum Gasteiger partial charge on any atom is -0.379 e. The topological polar surface area (TPSA) is 96.0 Å². The summed E-state index contributed by atoms with van der Waals surface area (Å²) in [6.07, 6.45) is 3.13. The fourth-order valence-corrected chi connectivity index (χ4v) is 5.12. The predicted octanol–water partition coefficient (Wildman–Crippen LogP) is 0.679. The third kappa shape index (κ3) is 4.25. The van der Waals surface area contributed by atoms with Gasteiger partial charge >= 0.3 is 0 Å². The van der Waals surface area contributed by atoms with Crippen molar-refractivity contribution in [2.24, 2.45) is 0 Å². The van der Waals surface area contributed by atoms with Crippen molar-refractivity contribution < 1.29 is 21.6 Å². The van der Waals surface area contributed by atoms with E-state index in [0.717, 1.165) is 32.2 Å². The maximum Gasteiger partial charge on any atom is 0.243 e. The highest BCUT2D eigenvalue weighted by molar-refractivity contribution is 7.92. The van der Waals surface area contributed by atoms with E-state index in [4.69, 9.17) is 4.74 Å². The van der Waals surface area contributed by atoms with Crippen LogP contribution in [0.2, 0.25) is 0 Å². The molecule has 1 N–H and O–H groups in total. The largest absolute Gasteiger partial charge is 0.379 e. The van der Waals surface area contributed by atoms with E-state index in [9.17, 15) is 16.8 Å². The van der Waals surface area contributed by atoms with Crippen molar-refractivity contribution in [3.63, 3.8) is 0 Å². The molecule has 0 unspecified atom stereocenters. The van der Waals surface area contributed by atoms with E-state index in [1.54, 1.807) is 12.1 Å². The fraction of sp³-hybridized carbons (Fsp3) is 0.600. The summed E-state index contributed by atoms with van der Waals surface area (Å²) in [5.41, 5.74) is 1.02. The molecule has 2 heterocycles. The lowest BCUT2D eigenvalue weighted by atomic mass is 10.2. The summed E-state index contributed by atoms with van der Waals surface area (Å²) >= 11 is 0. The third-order valence-electron chi connectivity index (χ3n) is 4.32. The number of nitrogens with zero attached hydrogens (tertiary/aromatic N) is 2. The third-order valence-corrected chi connectivity index (χ3v) is 6.80. The average Bonchev–Trinajstić information content (AvgIpc) is 3.08. The molecule has 8 nitrogen and oxygen atoms in total. The van der Waals surface area contributed by atoms with Crippen LogP contribution >= 0.6 is 0 Å². The Kier molecular flexibility index (Phi) is 5.24. The molecule has 0 amide bonds. The second-order valence-corrected chi connectivity index (χ2v) is 9.95. The molecular weight excluding hydrogens is 366 g/mol. The molecule has 2 saturated heterocycles. The normalized spacial score (nSPS) is 20.0. The van der Waals surface area contributed by atoms with Gasteiger partial charge in [0.05, 0.1) is 35.7 Å². The lowest BCUT2D eigenvalue weighted by Crippen LogP contribution is -2.40. The first-order chi connectivity index (χ1) is 11.8. The number of sulfonamides is 2. The first-order valence-corrected chi connectivity index (χ1v) is 11.6. The zero-order chi connectivity index (χ0) is 18.1. The Morgan fingerprint density at radius 3 is 2.24 bits per heavy atom. The molecule has 3 rings (SSSR count). The van der Waals surface area contributed by atoms with Crippen LogP contribution in [0.1, 0.15) is 12.8 Å². The molecule has 2 aliphatic heterocycles. The summed E-state index contributed by atoms with van der Waals surface area (Å²) in [7, 11) is -7.20. The Morgan fingerprint density at radius 1 is 1.00 bits per heavy atom. The highest BCUT2D eigenvalue weighted by Gasteiger charge is 2.28. The van der Waals surface area contributed by atoms with Crippen molar-refractivity contribution in [1.29, 1.82) is 0 Å². The van der Waals surface area contributed by atoms with E-state index >= 15 is 0 Å². The molecule has 25 heavy (non-hydrogen) atoms. The van der Waals surface area contributed by atoms with Crippen LogP contribution in [0.4, 0.5) is 11.4 Å². The molecule has 0 saturated carbocycles. The van der Waals surface area contributed by atoms with Crippen molar-refractivity contribution in [3.8, 4) is 0 Å². The number of hydrogen-bond acceptors (Lipinski definition) is 6. The number of anilines is 2. The number of nitrogens with one attached hydrogen (secondary N) is 1. The highest BCUT2D eigenvalue weighted by Crippen LogP contribution is 2.33. The summed E-state index contributed by atoms with van der Waals surface area (Å²) in [5, 5.41) is 0. The average molecular weight is 389 g/mol. The number of ether oxygens (including phenoxy) is 1. The van der Waals surface area contributed by atoms with E-state index in [-0.39, 0.29) is 4.90 Å². The lowest BCUT2D eigenvalue weighted by Gasteiger charge is -2.27. The second kappa shape index (κ2) is 7.10. The molecule has 10 heteroatoms. The molecule has 140 valence electrons. The first-order valence-electron chi connectivity index (χ1n) is 8.22. The van der Waals surface area contributed by atoms with Crippen molar-refractivity contribution in [2.45, 2.75) is 17.7 Å². The number of benzene rings is 1. The molecule has 2 aliphatic rings. The van der Waals surface area contributed by atoms with Gasteiger partial charge in [-0.25, -0.2) is 16.8 Å². The minimum absolute atomic E-state index is 0.0866. The maximum atomic E-state index is 12.8. The summed E-state index contributed by atoms with van der Waals surface area (Å²) in [4.78, 5) is 2.15. The summed E-state index contributed by atoms with van der Waals surface area (Å²) in [5.74, 6) is 0. The number of rotatable bonds is 5. The van der Waals surface area contributed by atoms with Gasteiger partial charge in [0.25, 0.3) is 0 Å². The van der Waals surface area contributed by atoms with E-state index in [1.165, 1.54) is 10.4 Å². The van der Waals surface area contributed by atoms with Gasteiger partial charge < -0.3 is 9.64 Å². The van der Waals surface area contributed by atoms with Crippen LogP contribution in [0, 0.1) is 0 Å². The molecule has 0 spiro atoms. The molecule has 1 aromatic rings. The van der Waals surface area contributed by atoms with E-state index in [2.05, 4.69) is 9.62 Å². The zero-order valence-corrected chi connectivity index (χ0v) is 15.8. The Bertz CT molecular complexity index is 827. The smallest absolute Gasteiger partial charge is 0.243 e. The minimum atomic E-state index is -3.68. The van der Waals surface area contributed by atoms with Gasteiger partial charge in [-0.05, 0) is 31.0 Å². The highest BCUT2D eigenvalue weighted by atomic mass is 32.2. The Morgan fingerprint density at radius 2 is 1.64 bits per heavy atom. The maximum absolute atomic E-state index is 12.8. The van der Waals surface area contributed by atoms with Crippen molar-refractivity contribution in [2.75, 3.05) is 55.3 Å². The van der Waals surface area contributed by atoms with E-state index in [0.29, 0.717) is 37.7 Å². The second-order valence-electron chi connectivity index (χ2n) is 6.26. The molecule has 0 atom stereocenters. The van der Waals surface area contributed by atoms with Gasteiger partial charge in [0.1, 0.15) is 0 Å². The first kappa shape index (κ1) is 18.4. The lowest BCUT2D eigenvalue weighted by molar-refractivity contribution is 0.0730. The van der Waals surface area contributed by atoms with E-state index in [1.807, 2.05) is 0 Å². The monoisotopic (exact) mass is 389 g/mol. The molecule has 0 aromatic heterocycles. The molecule has 0 radical (unpaired) electrons. The van der Waals surface area contributed by atoms with Crippen LogP contribution in [0.25, 0.3) is 0 Å². The van der Waals surface area contributed by atoms with Gasteiger partial charge in [-0.2, -0.15) is 4.31 Å². The SMILES string of the molecule is CS(=O)(=O)Nc1cc(S(=O)(=O)N2CCOCC2)ccc1N1CCCC1. The van der Waals surface area contributed by atoms with Crippen LogP contribution < -0.4 is 9.62 Å². The zero-order valence-electron chi connectivity index (χ0n) is 14.1. The van der Waals surface area contributed by atoms with Crippen LogP contribution in [-0.4, -0.2) is 66.8 Å². The van der Waals surface area contributed by atoms with Crippen molar-refractivity contribution >= 4 is 31.4 Å². The van der Waals surface area contributed by atoms with Gasteiger partial charge in [0, 0.05) is 26.2 Å². The standard InChI is InChI=1S/C15H23N3O5S2/c1-24(19,20)16-14-12-13(4-5-15(14)17-6-2-3-7-17)25(21,22)18-8-10-23-11-9-18/h4-5,12,16H,2-3,6-11H2,1H3. The van der Waals surface area contributed by atoms with Gasteiger partial charge in [0.15, 0.2) is 0 Å². The summed E-state index contributed by atoms with van der Waals surface area (Å²) in [6.45, 7) is 2.97. The van der Waals surface area contributed by atoms with Gasteiger partial charge in [0.2, 0.25) is 20.0 Å². The predicted molar refractivity (Wildman–Crippen MR) is 95.9 cm³/mol. The fourth-order valence-electron chi connectivity index (χ4n) is 3.13. The summed E-state index contributed by atoms with van der Waals surface area (Å²) < 4.78 is 58.1. The van der Waals surface area contributed by atoms with Gasteiger partial charge in [-0.3, -0.25) is 4.72 Å². The number of morpholine rings is 1. The molecule has 0 aliphatic carbocycles. The molecule has 1 aromatic carbocycles. The number of hydrogen-bond donors (Lipinski definition) is 1. The Labute approximate surface area is 148 Å². The molecule has 2 fully saturated rings. The quantitative estimate of drug-likeness (QED) is 0.796. The van der Waals surface area contributed by atoms with Gasteiger partial charge in [-0.15, -0.1) is 0 Å². The van der Waals surface area contributed by atoms with Crippen LogP contribution in [0.3, 0.4) is 0 Å². The van der Waals surface area contributed by atoms with Crippen LogP contribution in [0.15, 0.2) is 23.1 Å². The molecule has 0 bridgehead atoms. The van der Waals surface area contributed by atoms with E-state index < -0.39 is 20.0 Å².